The zero-order valence-electron chi connectivity index (χ0n) is 10.5. The highest BCUT2D eigenvalue weighted by Crippen LogP contribution is 2.31. The third-order valence-electron chi connectivity index (χ3n) is 2.69. The molecule has 2 heterocycles. The molecule has 20 heavy (non-hydrogen) atoms. The van der Waals surface area contributed by atoms with Crippen molar-refractivity contribution in [3.05, 3.63) is 40.6 Å². The second kappa shape index (κ2) is 5.01. The van der Waals surface area contributed by atoms with E-state index in [-0.39, 0.29) is 0 Å². The number of nitrogens with zero attached hydrogens (tertiary/aromatic N) is 4. The van der Waals surface area contributed by atoms with Crippen molar-refractivity contribution in [2.45, 2.75) is 6.92 Å². The Morgan fingerprint density at radius 2 is 1.90 bits per heavy atom. The number of hydrogen-bond donors (Lipinski definition) is 1. The highest BCUT2D eigenvalue weighted by Gasteiger charge is 2.15. The van der Waals surface area contributed by atoms with Gasteiger partial charge in [0, 0.05) is 16.9 Å². The maximum Gasteiger partial charge on any atom is 0.260 e. The average molecular weight is 332 g/mol. The Hall–Kier alpha value is -2.28. The van der Waals surface area contributed by atoms with E-state index >= 15 is 0 Å². The Bertz CT molecular complexity index is 754. The van der Waals surface area contributed by atoms with Crippen LogP contribution in [0.25, 0.3) is 23.1 Å². The van der Waals surface area contributed by atoms with Gasteiger partial charge < -0.3 is 10.3 Å². The van der Waals surface area contributed by atoms with Gasteiger partial charge in [-0.15, -0.1) is 0 Å². The standard InChI is InChI=1S/C13H10BrN5O/c1-7-5-16-11(17-6-7)12-18-13(20-19-12)8-3-2-4-9(14)10(8)15/h2-6H,15H2,1H3. The normalized spacial score (nSPS) is 10.7. The Balaban J connectivity index is 2.02. The van der Waals surface area contributed by atoms with E-state index in [1.165, 1.54) is 0 Å². The first kappa shape index (κ1) is 12.7. The number of halogens is 1. The van der Waals surface area contributed by atoms with Crippen LogP contribution < -0.4 is 5.73 Å². The Morgan fingerprint density at radius 3 is 2.65 bits per heavy atom. The highest BCUT2D eigenvalue weighted by molar-refractivity contribution is 9.10. The lowest BCUT2D eigenvalue weighted by molar-refractivity contribution is 0.432. The molecular formula is C13H10BrN5O. The van der Waals surface area contributed by atoms with Crippen LogP contribution in [0.1, 0.15) is 5.56 Å². The number of hydrogen-bond acceptors (Lipinski definition) is 6. The lowest BCUT2D eigenvalue weighted by Gasteiger charge is -2.01. The summed E-state index contributed by atoms with van der Waals surface area (Å²) in [6.07, 6.45) is 3.40. The van der Waals surface area contributed by atoms with Crippen LogP contribution in [0.5, 0.6) is 0 Å². The number of benzene rings is 1. The van der Waals surface area contributed by atoms with Crippen LogP contribution in [0.4, 0.5) is 5.69 Å². The first-order valence-electron chi connectivity index (χ1n) is 5.82. The number of rotatable bonds is 2. The molecule has 0 radical (unpaired) electrons. The molecule has 0 unspecified atom stereocenters. The summed E-state index contributed by atoms with van der Waals surface area (Å²) in [6, 6.07) is 5.51. The molecule has 2 aromatic heterocycles. The molecule has 0 aliphatic rings. The van der Waals surface area contributed by atoms with Crippen LogP contribution in [0.3, 0.4) is 0 Å². The van der Waals surface area contributed by atoms with Gasteiger partial charge in [-0.05, 0) is 40.5 Å². The second-order valence-corrected chi connectivity index (χ2v) is 5.06. The average Bonchev–Trinajstić information content (AvgIpc) is 2.92. The smallest absolute Gasteiger partial charge is 0.260 e. The van der Waals surface area contributed by atoms with Crippen molar-refractivity contribution in [2.24, 2.45) is 0 Å². The molecule has 0 saturated carbocycles. The number of nitrogen functional groups attached to an aromatic ring is 1. The van der Waals surface area contributed by atoms with Crippen LogP contribution in [0, 0.1) is 6.92 Å². The number of para-hydroxylation sites is 1. The summed E-state index contributed by atoms with van der Waals surface area (Å²) in [6.45, 7) is 1.91. The molecule has 100 valence electrons. The maximum absolute atomic E-state index is 5.98. The molecule has 0 spiro atoms. The van der Waals surface area contributed by atoms with Crippen molar-refractivity contribution in [1.29, 1.82) is 0 Å². The molecule has 0 saturated heterocycles. The van der Waals surface area contributed by atoms with Crippen LogP contribution in [-0.4, -0.2) is 20.1 Å². The summed E-state index contributed by atoms with van der Waals surface area (Å²) in [5.41, 5.74) is 8.16. The van der Waals surface area contributed by atoms with E-state index in [9.17, 15) is 0 Å². The zero-order chi connectivity index (χ0) is 14.1. The molecule has 0 atom stereocenters. The van der Waals surface area contributed by atoms with Crippen LogP contribution in [-0.2, 0) is 0 Å². The van der Waals surface area contributed by atoms with Gasteiger partial charge in [-0.3, -0.25) is 0 Å². The third-order valence-corrected chi connectivity index (χ3v) is 3.38. The summed E-state index contributed by atoms with van der Waals surface area (Å²) in [5, 5.41) is 3.88. The van der Waals surface area contributed by atoms with Crippen molar-refractivity contribution in [1.82, 2.24) is 20.1 Å². The molecule has 0 aliphatic heterocycles. The molecule has 7 heteroatoms. The molecule has 2 N–H and O–H groups in total. The minimum Gasteiger partial charge on any atom is -0.397 e. The van der Waals surface area contributed by atoms with Crippen molar-refractivity contribution in [2.75, 3.05) is 5.73 Å². The van der Waals surface area contributed by atoms with Gasteiger partial charge in [0.25, 0.3) is 5.89 Å². The summed E-state index contributed by atoms with van der Waals surface area (Å²) >= 11 is 3.36. The predicted octanol–water partition coefficient (Wildman–Crippen LogP) is 2.85. The van der Waals surface area contributed by atoms with Gasteiger partial charge in [0.2, 0.25) is 11.6 Å². The van der Waals surface area contributed by atoms with E-state index in [4.69, 9.17) is 10.3 Å². The Labute approximate surface area is 123 Å². The molecular weight excluding hydrogens is 322 g/mol. The summed E-state index contributed by atoms with van der Waals surface area (Å²) in [5.74, 6) is 1.08. The van der Waals surface area contributed by atoms with E-state index in [1.807, 2.05) is 25.1 Å². The lowest BCUT2D eigenvalue weighted by atomic mass is 10.2. The number of nitrogens with two attached hydrogens (primary N) is 1. The third kappa shape index (κ3) is 2.27. The number of aromatic nitrogens is 4. The fraction of sp³-hybridized carbons (Fsp3) is 0.0769. The van der Waals surface area contributed by atoms with Gasteiger partial charge in [0.1, 0.15) is 0 Å². The second-order valence-electron chi connectivity index (χ2n) is 4.21. The van der Waals surface area contributed by atoms with Gasteiger partial charge in [-0.25, -0.2) is 9.97 Å². The Morgan fingerprint density at radius 1 is 1.15 bits per heavy atom. The summed E-state index contributed by atoms with van der Waals surface area (Å²) < 4.78 is 6.01. The Kier molecular flexibility index (Phi) is 3.19. The molecule has 3 rings (SSSR count). The molecule has 0 amide bonds. The largest absolute Gasteiger partial charge is 0.397 e. The maximum atomic E-state index is 5.98. The number of anilines is 1. The first-order chi connectivity index (χ1) is 9.65. The fourth-order valence-electron chi connectivity index (χ4n) is 1.66. The van der Waals surface area contributed by atoms with Crippen molar-refractivity contribution in [3.63, 3.8) is 0 Å². The first-order valence-corrected chi connectivity index (χ1v) is 6.61. The van der Waals surface area contributed by atoms with Gasteiger partial charge in [-0.2, -0.15) is 4.98 Å². The van der Waals surface area contributed by atoms with E-state index in [0.29, 0.717) is 28.8 Å². The van der Waals surface area contributed by atoms with Crippen LogP contribution >= 0.6 is 15.9 Å². The van der Waals surface area contributed by atoms with Crippen LogP contribution in [0.2, 0.25) is 0 Å². The summed E-state index contributed by atoms with van der Waals surface area (Å²) in [7, 11) is 0. The predicted molar refractivity (Wildman–Crippen MR) is 77.6 cm³/mol. The minimum absolute atomic E-state index is 0.333. The molecule has 0 bridgehead atoms. The van der Waals surface area contributed by atoms with E-state index in [0.717, 1.165) is 10.0 Å². The van der Waals surface area contributed by atoms with Gasteiger partial charge in [0.05, 0.1) is 11.3 Å². The van der Waals surface area contributed by atoms with E-state index in [2.05, 4.69) is 36.0 Å². The SMILES string of the molecule is Cc1cnc(-c2noc(-c3cccc(Br)c3N)n2)nc1. The summed E-state index contributed by atoms with van der Waals surface area (Å²) in [4.78, 5) is 12.6. The van der Waals surface area contributed by atoms with Crippen LogP contribution in [0.15, 0.2) is 39.6 Å². The molecule has 1 aromatic carbocycles. The van der Waals surface area contributed by atoms with Gasteiger partial charge >= 0.3 is 0 Å². The number of aryl methyl sites for hydroxylation is 1. The van der Waals surface area contributed by atoms with Crippen molar-refractivity contribution in [3.8, 4) is 23.1 Å². The molecule has 3 aromatic rings. The molecule has 0 aliphatic carbocycles. The topological polar surface area (TPSA) is 90.7 Å². The van der Waals surface area contributed by atoms with E-state index in [1.54, 1.807) is 12.4 Å². The highest BCUT2D eigenvalue weighted by atomic mass is 79.9. The lowest BCUT2D eigenvalue weighted by Crippen LogP contribution is -1.92. The van der Waals surface area contributed by atoms with Crippen molar-refractivity contribution < 1.29 is 4.52 Å². The van der Waals surface area contributed by atoms with E-state index < -0.39 is 0 Å². The van der Waals surface area contributed by atoms with Crippen molar-refractivity contribution >= 4 is 21.6 Å². The fourth-order valence-corrected chi connectivity index (χ4v) is 2.02. The molecule has 0 fully saturated rings. The zero-order valence-corrected chi connectivity index (χ0v) is 12.1. The molecule has 6 nitrogen and oxygen atoms in total. The minimum atomic E-state index is 0.333. The van der Waals surface area contributed by atoms with Gasteiger partial charge in [0.15, 0.2) is 0 Å². The quantitative estimate of drug-likeness (QED) is 0.726. The van der Waals surface area contributed by atoms with Gasteiger partial charge in [-0.1, -0.05) is 11.2 Å². The monoisotopic (exact) mass is 331 g/mol.